The summed E-state index contributed by atoms with van der Waals surface area (Å²) in [4.78, 5) is 41.9. The Kier molecular flexibility index (Phi) is 4.77. The van der Waals surface area contributed by atoms with Gasteiger partial charge in [0.2, 0.25) is 0 Å². The zero-order chi connectivity index (χ0) is 21.4. The van der Waals surface area contributed by atoms with E-state index in [0.717, 1.165) is 5.56 Å². The van der Waals surface area contributed by atoms with Gasteiger partial charge in [-0.05, 0) is 30.5 Å². The lowest BCUT2D eigenvalue weighted by Gasteiger charge is -2.42. The Morgan fingerprint density at radius 1 is 0.968 bits per heavy atom. The fourth-order valence-corrected chi connectivity index (χ4v) is 4.58. The minimum atomic E-state index is -0.931. The van der Waals surface area contributed by atoms with Crippen LogP contribution < -0.4 is 14.8 Å². The Hall–Kier alpha value is -3.55. The number of para-hydroxylation sites is 1. The number of nitrogens with one attached hydrogen (secondary N) is 1. The van der Waals surface area contributed by atoms with Gasteiger partial charge < -0.3 is 19.3 Å². The molecule has 2 aromatic rings. The maximum Gasteiger partial charge on any atom is 0.325 e. The Balaban J connectivity index is 1.34. The fourth-order valence-electron chi connectivity index (χ4n) is 4.58. The third-order valence-electron chi connectivity index (χ3n) is 6.26. The summed E-state index contributed by atoms with van der Waals surface area (Å²) in [5, 5.41) is 2.47. The van der Waals surface area contributed by atoms with E-state index in [4.69, 9.17) is 9.47 Å². The van der Waals surface area contributed by atoms with Gasteiger partial charge >= 0.3 is 6.03 Å². The van der Waals surface area contributed by atoms with Gasteiger partial charge in [-0.15, -0.1) is 0 Å². The van der Waals surface area contributed by atoms with Gasteiger partial charge in [0, 0.05) is 19.6 Å². The van der Waals surface area contributed by atoms with Crippen LogP contribution in [0.1, 0.15) is 28.8 Å². The monoisotopic (exact) mass is 421 g/mol. The lowest BCUT2D eigenvalue weighted by atomic mass is 9.85. The molecule has 8 nitrogen and oxygen atoms in total. The summed E-state index contributed by atoms with van der Waals surface area (Å²) in [6.45, 7) is 1.95. The minimum absolute atomic E-state index is 0.156. The molecule has 0 atom stereocenters. The second-order valence-corrected chi connectivity index (χ2v) is 7.98. The maximum absolute atomic E-state index is 13.2. The number of benzene rings is 2. The first-order valence-electron chi connectivity index (χ1n) is 10.4. The van der Waals surface area contributed by atoms with Gasteiger partial charge in [0.1, 0.15) is 18.8 Å². The topological polar surface area (TPSA) is 88.2 Å². The van der Waals surface area contributed by atoms with Crippen molar-refractivity contribution in [2.75, 3.05) is 26.3 Å². The third-order valence-corrected chi connectivity index (χ3v) is 6.26. The number of imide groups is 1. The van der Waals surface area contributed by atoms with Crippen LogP contribution in [0.5, 0.6) is 11.5 Å². The number of fused-ring (bicyclic) bond motifs is 1. The molecule has 0 saturated carbocycles. The van der Waals surface area contributed by atoms with Crippen LogP contribution in [0.25, 0.3) is 0 Å². The molecular formula is C23H23N3O5. The van der Waals surface area contributed by atoms with Gasteiger partial charge in [-0.25, -0.2) is 4.79 Å². The van der Waals surface area contributed by atoms with Crippen LogP contribution in [-0.2, 0) is 11.3 Å². The highest BCUT2D eigenvalue weighted by molar-refractivity contribution is 6.07. The van der Waals surface area contributed by atoms with Gasteiger partial charge in [0.25, 0.3) is 11.8 Å². The molecule has 2 fully saturated rings. The average molecular weight is 421 g/mol. The quantitative estimate of drug-likeness (QED) is 0.768. The highest BCUT2D eigenvalue weighted by Crippen LogP contribution is 2.37. The van der Waals surface area contributed by atoms with Gasteiger partial charge in [-0.2, -0.15) is 0 Å². The summed E-state index contributed by atoms with van der Waals surface area (Å²) in [5.41, 5.74) is 0.485. The van der Waals surface area contributed by atoms with Crippen molar-refractivity contribution in [3.8, 4) is 11.5 Å². The van der Waals surface area contributed by atoms with Crippen molar-refractivity contribution in [1.82, 2.24) is 15.1 Å². The molecule has 1 spiro atoms. The summed E-state index contributed by atoms with van der Waals surface area (Å²) >= 11 is 0. The van der Waals surface area contributed by atoms with E-state index in [1.165, 1.54) is 0 Å². The Bertz CT molecular complexity index is 1030. The van der Waals surface area contributed by atoms with Crippen LogP contribution in [0.2, 0.25) is 0 Å². The molecule has 3 aliphatic rings. The highest BCUT2D eigenvalue weighted by Gasteiger charge is 2.54. The summed E-state index contributed by atoms with van der Waals surface area (Å²) in [6.07, 6.45) is 0.769. The van der Waals surface area contributed by atoms with Crippen molar-refractivity contribution in [1.29, 1.82) is 0 Å². The van der Waals surface area contributed by atoms with Gasteiger partial charge in [-0.1, -0.05) is 36.4 Å². The van der Waals surface area contributed by atoms with Gasteiger partial charge in [0.05, 0.1) is 5.56 Å². The number of hydrogen-bond donors (Lipinski definition) is 1. The first-order valence-corrected chi connectivity index (χ1v) is 10.4. The van der Waals surface area contributed by atoms with Crippen molar-refractivity contribution < 1.29 is 23.9 Å². The number of piperidine rings is 1. The number of nitrogens with zero attached hydrogens (tertiary/aromatic N) is 2. The Morgan fingerprint density at radius 3 is 2.48 bits per heavy atom. The summed E-state index contributed by atoms with van der Waals surface area (Å²) in [5.74, 6) is 0.602. The van der Waals surface area contributed by atoms with Crippen LogP contribution >= 0.6 is 0 Å². The van der Waals surface area contributed by atoms with E-state index in [1.54, 1.807) is 28.0 Å². The normalized spacial score (nSPS) is 19.5. The number of amides is 4. The van der Waals surface area contributed by atoms with E-state index in [2.05, 4.69) is 5.32 Å². The molecular weight excluding hydrogens is 398 g/mol. The number of hydrogen-bond acceptors (Lipinski definition) is 5. The van der Waals surface area contributed by atoms with E-state index >= 15 is 0 Å². The van der Waals surface area contributed by atoms with E-state index in [0.29, 0.717) is 62.8 Å². The molecule has 0 radical (unpaired) electrons. The molecule has 0 bridgehead atoms. The first kappa shape index (κ1) is 19.4. The molecule has 0 unspecified atom stereocenters. The maximum atomic E-state index is 13.2. The molecule has 1 N–H and O–H groups in total. The van der Waals surface area contributed by atoms with Crippen LogP contribution in [0.4, 0.5) is 4.79 Å². The number of likely N-dealkylation sites (tertiary alicyclic amines) is 1. The third kappa shape index (κ3) is 3.28. The van der Waals surface area contributed by atoms with Crippen molar-refractivity contribution in [3.05, 3.63) is 59.7 Å². The molecule has 31 heavy (non-hydrogen) atoms. The molecule has 160 valence electrons. The van der Waals surface area contributed by atoms with Crippen molar-refractivity contribution in [2.24, 2.45) is 0 Å². The van der Waals surface area contributed by atoms with Crippen LogP contribution in [0.15, 0.2) is 48.5 Å². The predicted molar refractivity (Wildman–Crippen MR) is 111 cm³/mol. The second-order valence-electron chi connectivity index (χ2n) is 7.98. The first-order chi connectivity index (χ1) is 15.1. The summed E-state index contributed by atoms with van der Waals surface area (Å²) < 4.78 is 11.3. The fraction of sp³-hybridized carbons (Fsp3) is 0.348. The molecule has 3 heterocycles. The number of ether oxygens (including phenoxy) is 2. The molecule has 8 heteroatoms. The van der Waals surface area contributed by atoms with Crippen LogP contribution in [0, 0.1) is 0 Å². The standard InChI is InChI=1S/C23H23N3O5/c27-20(17-7-4-8-18-19(17)31-14-13-30-18)25-11-9-23(10-12-25)21(28)24-22(29)26(23)15-16-5-2-1-3-6-16/h1-8H,9-15H2,(H,24,28,29). The van der Waals surface area contributed by atoms with Crippen LogP contribution in [-0.4, -0.2) is 59.5 Å². The van der Waals surface area contributed by atoms with E-state index in [-0.39, 0.29) is 17.8 Å². The largest absolute Gasteiger partial charge is 0.486 e. The highest BCUT2D eigenvalue weighted by atomic mass is 16.6. The molecule has 5 rings (SSSR count). The predicted octanol–water partition coefficient (Wildman–Crippen LogP) is 2.18. The minimum Gasteiger partial charge on any atom is -0.486 e. The van der Waals surface area contributed by atoms with Gasteiger partial charge in [0.15, 0.2) is 11.5 Å². The SMILES string of the molecule is O=C(c1cccc2c1OCCO2)N1CCC2(CC1)C(=O)NC(=O)N2Cc1ccccc1. The van der Waals surface area contributed by atoms with Crippen LogP contribution in [0.3, 0.4) is 0 Å². The lowest BCUT2D eigenvalue weighted by molar-refractivity contribution is -0.129. The Labute approximate surface area is 179 Å². The number of carbonyl (C=O) groups excluding carboxylic acids is 3. The smallest absolute Gasteiger partial charge is 0.325 e. The zero-order valence-electron chi connectivity index (χ0n) is 17.0. The van der Waals surface area contributed by atoms with E-state index < -0.39 is 5.54 Å². The number of carbonyl (C=O) groups is 3. The van der Waals surface area contributed by atoms with E-state index in [1.807, 2.05) is 30.3 Å². The average Bonchev–Trinajstić information content (AvgIpc) is 3.03. The molecule has 4 amide bonds. The molecule has 2 saturated heterocycles. The number of rotatable bonds is 3. The number of urea groups is 1. The van der Waals surface area contributed by atoms with Crippen molar-refractivity contribution in [3.63, 3.8) is 0 Å². The molecule has 2 aromatic carbocycles. The van der Waals surface area contributed by atoms with Crippen molar-refractivity contribution in [2.45, 2.75) is 24.9 Å². The van der Waals surface area contributed by atoms with Crippen molar-refractivity contribution >= 4 is 17.8 Å². The lowest BCUT2D eigenvalue weighted by Crippen LogP contribution is -2.57. The van der Waals surface area contributed by atoms with E-state index in [9.17, 15) is 14.4 Å². The molecule has 0 aromatic heterocycles. The summed E-state index contributed by atoms with van der Waals surface area (Å²) in [7, 11) is 0. The molecule has 0 aliphatic carbocycles. The summed E-state index contributed by atoms with van der Waals surface area (Å²) in [6, 6.07) is 14.5. The zero-order valence-corrected chi connectivity index (χ0v) is 17.0. The Morgan fingerprint density at radius 2 is 1.71 bits per heavy atom. The van der Waals surface area contributed by atoms with Gasteiger partial charge in [-0.3, -0.25) is 14.9 Å². The second kappa shape index (κ2) is 7.61. The molecule has 3 aliphatic heterocycles.